The highest BCUT2D eigenvalue weighted by molar-refractivity contribution is 7.45. The average Bonchev–Trinajstić information content (AvgIpc) is 2.78. The van der Waals surface area contributed by atoms with Gasteiger partial charge in [0.05, 0.1) is 44.7 Å². The van der Waals surface area contributed by atoms with Crippen molar-refractivity contribution >= 4 is 7.82 Å². The quantitative estimate of drug-likeness (QED) is 0.441. The molecule has 0 aliphatic carbocycles. The van der Waals surface area contributed by atoms with Crippen molar-refractivity contribution in [1.29, 1.82) is 0 Å². The third kappa shape index (κ3) is 6.62. The number of methoxy groups -OCH3 is 1. The van der Waals surface area contributed by atoms with Crippen LogP contribution in [0.4, 0.5) is 0 Å². The molecule has 0 aromatic rings. The van der Waals surface area contributed by atoms with Crippen LogP contribution in [0.2, 0.25) is 0 Å². The second-order valence-electron chi connectivity index (χ2n) is 5.99. The van der Waals surface area contributed by atoms with Gasteiger partial charge in [0.25, 0.3) is 7.82 Å². The Labute approximate surface area is 132 Å². The predicted molar refractivity (Wildman–Crippen MR) is 79.5 cm³/mol. The molecule has 0 radical (unpaired) electrons. The van der Waals surface area contributed by atoms with E-state index < -0.39 is 13.9 Å². The maximum atomic E-state index is 11.6. The monoisotopic (exact) mass is 339 g/mol. The molecule has 22 heavy (non-hydrogen) atoms. The molecule has 1 heterocycles. The topological polar surface area (TPSA) is 86.3 Å². The maximum absolute atomic E-state index is 11.6. The van der Waals surface area contributed by atoms with Crippen LogP contribution in [0.1, 0.15) is 27.7 Å². The number of phosphoric ester groups is 1. The lowest BCUT2D eigenvalue weighted by Crippen LogP contribution is -2.34. The fourth-order valence-corrected chi connectivity index (χ4v) is 3.50. The highest BCUT2D eigenvalue weighted by Crippen LogP contribution is 2.41. The summed E-state index contributed by atoms with van der Waals surface area (Å²) < 4.78 is 37.8. The van der Waals surface area contributed by atoms with E-state index in [1.54, 1.807) is 21.0 Å². The number of ether oxygens (including phenoxy) is 3. The molecule has 4 atom stereocenters. The summed E-state index contributed by atoms with van der Waals surface area (Å²) in [6.07, 6.45) is -0.856. The fraction of sp³-hybridized carbons (Fsp3) is 1.00. The van der Waals surface area contributed by atoms with Crippen LogP contribution < -0.4 is 4.89 Å². The second kappa shape index (κ2) is 9.33. The van der Waals surface area contributed by atoms with Gasteiger partial charge in [-0.1, -0.05) is 13.8 Å². The molecule has 0 amide bonds. The Kier molecular flexibility index (Phi) is 8.49. The fourth-order valence-electron chi connectivity index (χ4n) is 2.59. The van der Waals surface area contributed by atoms with Gasteiger partial charge < -0.3 is 28.2 Å². The summed E-state index contributed by atoms with van der Waals surface area (Å²) in [5.41, 5.74) is 0. The van der Waals surface area contributed by atoms with Gasteiger partial charge in [0.15, 0.2) is 0 Å². The van der Waals surface area contributed by atoms with Gasteiger partial charge in [0, 0.05) is 13.0 Å². The normalized spacial score (nSPS) is 28.5. The SMILES string of the molecule is COCCO[C@H]1CO[C@H](COP(=O)([O-])OC(C)C)C1C(C)C. The zero-order valence-corrected chi connectivity index (χ0v) is 14.9. The van der Waals surface area contributed by atoms with E-state index in [2.05, 4.69) is 13.8 Å². The molecular weight excluding hydrogens is 311 g/mol. The highest BCUT2D eigenvalue weighted by Gasteiger charge is 2.40. The minimum atomic E-state index is -4.29. The lowest BCUT2D eigenvalue weighted by atomic mass is 9.88. The molecule has 0 N–H and O–H groups in total. The van der Waals surface area contributed by atoms with Crippen molar-refractivity contribution in [1.82, 2.24) is 0 Å². The van der Waals surface area contributed by atoms with Gasteiger partial charge in [-0.25, -0.2) is 0 Å². The van der Waals surface area contributed by atoms with Gasteiger partial charge in [-0.3, -0.25) is 4.57 Å². The third-order valence-electron chi connectivity index (χ3n) is 3.46. The number of rotatable bonds is 10. The van der Waals surface area contributed by atoms with Crippen LogP contribution in [0.3, 0.4) is 0 Å². The molecule has 1 aliphatic rings. The van der Waals surface area contributed by atoms with E-state index in [1.807, 2.05) is 0 Å². The Hall–Kier alpha value is -0.0100. The molecule has 1 saturated heterocycles. The van der Waals surface area contributed by atoms with Crippen molar-refractivity contribution in [2.45, 2.75) is 46.0 Å². The summed E-state index contributed by atoms with van der Waals surface area (Å²) in [4.78, 5) is 11.6. The van der Waals surface area contributed by atoms with Crippen LogP contribution in [-0.2, 0) is 27.8 Å². The largest absolute Gasteiger partial charge is 0.756 e. The van der Waals surface area contributed by atoms with Crippen LogP contribution in [-0.4, -0.2) is 51.8 Å². The molecule has 1 aliphatic heterocycles. The van der Waals surface area contributed by atoms with E-state index in [9.17, 15) is 9.46 Å². The molecule has 0 saturated carbocycles. The third-order valence-corrected chi connectivity index (χ3v) is 4.60. The standard InChI is InChI=1S/C14H29O7P/c1-10(2)14-12(18-7-6-17-5)8-19-13(14)9-20-22(15,16)21-11(3)4/h10-14H,6-9H2,1-5H3,(H,15,16)/p-1/t12-,13+,14?/m0/s1. The molecule has 0 aromatic heterocycles. The van der Waals surface area contributed by atoms with E-state index in [0.29, 0.717) is 19.8 Å². The van der Waals surface area contributed by atoms with Gasteiger partial charge in [0.1, 0.15) is 0 Å². The zero-order chi connectivity index (χ0) is 16.8. The smallest absolute Gasteiger partial charge is 0.268 e. The van der Waals surface area contributed by atoms with Gasteiger partial charge >= 0.3 is 0 Å². The summed E-state index contributed by atoms with van der Waals surface area (Å²) >= 11 is 0. The summed E-state index contributed by atoms with van der Waals surface area (Å²) in [6.45, 7) is 8.75. The first-order chi connectivity index (χ1) is 10.3. The molecule has 8 heteroatoms. The molecule has 0 spiro atoms. The molecule has 132 valence electrons. The Balaban J connectivity index is 2.53. The first kappa shape index (κ1) is 20.0. The molecule has 1 fully saturated rings. The van der Waals surface area contributed by atoms with Crippen molar-refractivity contribution in [2.24, 2.45) is 11.8 Å². The van der Waals surface area contributed by atoms with Crippen molar-refractivity contribution < 1.29 is 32.7 Å². The lowest BCUT2D eigenvalue weighted by molar-refractivity contribution is -0.230. The van der Waals surface area contributed by atoms with Crippen molar-refractivity contribution in [3.05, 3.63) is 0 Å². The predicted octanol–water partition coefficient (Wildman–Crippen LogP) is 1.60. The summed E-state index contributed by atoms with van der Waals surface area (Å²) in [5, 5.41) is 0. The Morgan fingerprint density at radius 2 is 1.95 bits per heavy atom. The summed E-state index contributed by atoms with van der Waals surface area (Å²) in [7, 11) is -2.68. The summed E-state index contributed by atoms with van der Waals surface area (Å²) in [6, 6.07) is 0. The van der Waals surface area contributed by atoms with E-state index in [-0.39, 0.29) is 30.7 Å². The maximum Gasteiger partial charge on any atom is 0.268 e. The Bertz CT molecular complexity index is 361. The van der Waals surface area contributed by atoms with Crippen LogP contribution in [0.5, 0.6) is 0 Å². The van der Waals surface area contributed by atoms with Crippen LogP contribution in [0.25, 0.3) is 0 Å². The highest BCUT2D eigenvalue weighted by atomic mass is 31.2. The first-order valence-electron chi connectivity index (χ1n) is 7.63. The van der Waals surface area contributed by atoms with Crippen molar-refractivity contribution in [3.8, 4) is 0 Å². The van der Waals surface area contributed by atoms with Crippen LogP contribution in [0.15, 0.2) is 0 Å². The number of phosphoric acid groups is 1. The lowest BCUT2D eigenvalue weighted by Gasteiger charge is -2.29. The van der Waals surface area contributed by atoms with Crippen LogP contribution in [0, 0.1) is 11.8 Å². The zero-order valence-electron chi connectivity index (χ0n) is 14.0. The molecule has 0 bridgehead atoms. The molecule has 1 rings (SSSR count). The van der Waals surface area contributed by atoms with E-state index in [1.165, 1.54) is 0 Å². The summed E-state index contributed by atoms with van der Waals surface area (Å²) in [5.74, 6) is 0.344. The Morgan fingerprint density at radius 1 is 1.27 bits per heavy atom. The Morgan fingerprint density at radius 3 is 2.50 bits per heavy atom. The number of hydrogen-bond acceptors (Lipinski definition) is 7. The van der Waals surface area contributed by atoms with Crippen molar-refractivity contribution in [3.63, 3.8) is 0 Å². The van der Waals surface area contributed by atoms with E-state index >= 15 is 0 Å². The molecule has 2 unspecified atom stereocenters. The van der Waals surface area contributed by atoms with E-state index in [0.717, 1.165) is 0 Å². The van der Waals surface area contributed by atoms with Gasteiger partial charge in [-0.15, -0.1) is 0 Å². The minimum absolute atomic E-state index is 0.0551. The molecule has 0 aromatic carbocycles. The van der Waals surface area contributed by atoms with E-state index in [4.69, 9.17) is 23.3 Å². The molecule has 7 nitrogen and oxygen atoms in total. The molecular formula is C14H28O7P-. The average molecular weight is 339 g/mol. The van der Waals surface area contributed by atoms with Gasteiger partial charge in [-0.2, -0.15) is 0 Å². The van der Waals surface area contributed by atoms with Gasteiger partial charge in [0.2, 0.25) is 0 Å². The first-order valence-corrected chi connectivity index (χ1v) is 9.09. The van der Waals surface area contributed by atoms with Gasteiger partial charge in [-0.05, 0) is 19.8 Å². The van der Waals surface area contributed by atoms with Crippen LogP contribution >= 0.6 is 7.82 Å². The number of hydrogen-bond donors (Lipinski definition) is 0. The second-order valence-corrected chi connectivity index (χ2v) is 7.36. The minimum Gasteiger partial charge on any atom is -0.756 e. The van der Waals surface area contributed by atoms with Crippen molar-refractivity contribution in [2.75, 3.05) is 33.5 Å².